The van der Waals surface area contributed by atoms with E-state index in [9.17, 15) is 9.59 Å². The summed E-state index contributed by atoms with van der Waals surface area (Å²) in [6.45, 7) is 5.03. The number of nitrogens with one attached hydrogen (secondary N) is 3. The van der Waals surface area contributed by atoms with Crippen molar-refractivity contribution in [2.24, 2.45) is 4.99 Å². The summed E-state index contributed by atoms with van der Waals surface area (Å²) in [5.74, 6) is -0.0474. The van der Waals surface area contributed by atoms with Crippen molar-refractivity contribution in [1.29, 1.82) is 0 Å². The van der Waals surface area contributed by atoms with Crippen LogP contribution in [-0.4, -0.2) is 37.0 Å². The van der Waals surface area contributed by atoms with Crippen LogP contribution in [0.3, 0.4) is 0 Å². The molecule has 164 valence electrons. The molecule has 3 N–H and O–H groups in total. The van der Waals surface area contributed by atoms with Crippen LogP contribution in [0, 0.1) is 6.92 Å². The van der Waals surface area contributed by atoms with E-state index in [-0.39, 0.29) is 17.9 Å². The Balaban J connectivity index is 1.72. The van der Waals surface area contributed by atoms with Crippen LogP contribution in [0.25, 0.3) is 0 Å². The van der Waals surface area contributed by atoms with Gasteiger partial charge in [-0.15, -0.1) is 0 Å². The van der Waals surface area contributed by atoms with Gasteiger partial charge in [0.05, 0.1) is 12.6 Å². The van der Waals surface area contributed by atoms with Crippen LogP contribution in [0.5, 0.6) is 0 Å². The van der Waals surface area contributed by atoms with Crippen LogP contribution in [0.1, 0.15) is 41.3 Å². The topological polar surface area (TPSA) is 91.8 Å². The fraction of sp³-hybridized carbons (Fsp3) is 0.348. The standard InChI is InChI=1S/C23H27ClN4O3/c1-15-5-10-19(24)12-21(15)27-23(26-14-20-4-3-11-31-20)28-22(30)18-8-6-17(7-9-18)13-25-16(2)29/h5-10,12,20H,3-4,11,13-14H2,1-2H3,(H,25,29)(H2,26,27,28,30)/t20-/m1/s1. The third-order valence-corrected chi connectivity index (χ3v) is 5.15. The van der Waals surface area contributed by atoms with Crippen LogP contribution in [0.2, 0.25) is 5.02 Å². The number of hydrogen-bond acceptors (Lipinski definition) is 4. The normalized spacial score (nSPS) is 16.1. The quantitative estimate of drug-likeness (QED) is 0.470. The van der Waals surface area contributed by atoms with Crippen molar-refractivity contribution in [3.8, 4) is 0 Å². The van der Waals surface area contributed by atoms with Gasteiger partial charge in [0.1, 0.15) is 0 Å². The van der Waals surface area contributed by atoms with E-state index in [0.29, 0.717) is 29.6 Å². The van der Waals surface area contributed by atoms with Gasteiger partial charge in [-0.3, -0.25) is 14.9 Å². The first-order valence-corrected chi connectivity index (χ1v) is 10.6. The first-order valence-electron chi connectivity index (χ1n) is 10.2. The Labute approximate surface area is 187 Å². The number of carbonyl (C=O) groups excluding carboxylic acids is 2. The first-order chi connectivity index (χ1) is 14.9. The van der Waals surface area contributed by atoms with E-state index in [4.69, 9.17) is 16.3 Å². The summed E-state index contributed by atoms with van der Waals surface area (Å²) in [5, 5.41) is 9.36. The number of guanidine groups is 1. The second kappa shape index (κ2) is 10.9. The molecule has 7 nitrogen and oxygen atoms in total. The van der Waals surface area contributed by atoms with Crippen LogP contribution in [0.4, 0.5) is 5.69 Å². The molecule has 0 saturated carbocycles. The van der Waals surface area contributed by atoms with E-state index < -0.39 is 0 Å². The molecular formula is C23H27ClN4O3. The summed E-state index contributed by atoms with van der Waals surface area (Å²) in [4.78, 5) is 28.4. The second-order valence-corrected chi connectivity index (χ2v) is 7.91. The predicted octanol–water partition coefficient (Wildman–Crippen LogP) is 3.66. The van der Waals surface area contributed by atoms with Crippen LogP contribution in [0.15, 0.2) is 47.5 Å². The van der Waals surface area contributed by atoms with Crippen molar-refractivity contribution in [1.82, 2.24) is 10.6 Å². The number of halogens is 1. The molecule has 0 spiro atoms. The minimum Gasteiger partial charge on any atom is -0.376 e. The third-order valence-electron chi connectivity index (χ3n) is 4.92. The number of amides is 2. The van der Waals surface area contributed by atoms with Gasteiger partial charge in [-0.05, 0) is 55.2 Å². The molecule has 2 amide bonds. The zero-order chi connectivity index (χ0) is 22.2. The van der Waals surface area contributed by atoms with Crippen molar-refractivity contribution in [2.75, 3.05) is 18.5 Å². The van der Waals surface area contributed by atoms with Gasteiger partial charge >= 0.3 is 0 Å². The lowest BCUT2D eigenvalue weighted by Gasteiger charge is -2.15. The second-order valence-electron chi connectivity index (χ2n) is 7.47. The number of ether oxygens (including phenoxy) is 1. The number of aliphatic imine (C=N–C) groups is 1. The summed E-state index contributed by atoms with van der Waals surface area (Å²) in [5.41, 5.74) is 3.14. The van der Waals surface area contributed by atoms with Crippen molar-refractivity contribution in [2.45, 2.75) is 39.3 Å². The van der Waals surface area contributed by atoms with Gasteiger partial charge in [-0.25, -0.2) is 4.99 Å². The average molecular weight is 443 g/mol. The third kappa shape index (κ3) is 7.08. The highest BCUT2D eigenvalue weighted by atomic mass is 35.5. The maximum Gasteiger partial charge on any atom is 0.257 e. The van der Waals surface area contributed by atoms with Crippen molar-refractivity contribution >= 4 is 35.1 Å². The Kier molecular flexibility index (Phi) is 8.03. The van der Waals surface area contributed by atoms with Gasteiger partial charge in [-0.1, -0.05) is 29.8 Å². The Morgan fingerprint density at radius 1 is 1.19 bits per heavy atom. The zero-order valence-electron chi connectivity index (χ0n) is 17.7. The number of aryl methyl sites for hydroxylation is 1. The van der Waals surface area contributed by atoms with Gasteiger partial charge in [0.2, 0.25) is 11.9 Å². The lowest BCUT2D eigenvalue weighted by atomic mass is 10.1. The molecule has 2 aromatic rings. The SMILES string of the molecule is CC(=O)NCc1ccc(C(=O)NC(=NC[C@H]2CCCO2)Nc2cc(Cl)ccc2C)cc1. The molecule has 0 aliphatic carbocycles. The molecule has 0 radical (unpaired) electrons. The summed E-state index contributed by atoms with van der Waals surface area (Å²) >= 11 is 6.13. The molecule has 1 heterocycles. The van der Waals surface area contributed by atoms with Crippen LogP contribution >= 0.6 is 11.6 Å². The highest BCUT2D eigenvalue weighted by Crippen LogP contribution is 2.20. The molecule has 1 atom stereocenters. The minimum atomic E-state index is -0.288. The fourth-order valence-corrected chi connectivity index (χ4v) is 3.30. The van der Waals surface area contributed by atoms with Gasteiger partial charge in [0.25, 0.3) is 5.91 Å². The molecule has 2 aromatic carbocycles. The average Bonchev–Trinajstić information content (AvgIpc) is 3.27. The smallest absolute Gasteiger partial charge is 0.257 e. The Morgan fingerprint density at radius 3 is 2.65 bits per heavy atom. The molecule has 1 aliphatic rings. The summed E-state index contributed by atoms with van der Waals surface area (Å²) in [6.07, 6.45) is 2.03. The largest absolute Gasteiger partial charge is 0.376 e. The van der Waals surface area contributed by atoms with Crippen molar-refractivity contribution < 1.29 is 14.3 Å². The van der Waals surface area contributed by atoms with Gasteiger partial charge in [-0.2, -0.15) is 0 Å². The molecule has 3 rings (SSSR count). The molecule has 0 aromatic heterocycles. The summed E-state index contributed by atoms with van der Waals surface area (Å²) in [6, 6.07) is 12.6. The van der Waals surface area contributed by atoms with Crippen molar-refractivity contribution in [3.63, 3.8) is 0 Å². The Hall–Kier alpha value is -2.90. The van der Waals surface area contributed by atoms with E-state index in [0.717, 1.165) is 36.3 Å². The summed E-state index contributed by atoms with van der Waals surface area (Å²) in [7, 11) is 0. The first kappa shape index (κ1) is 22.8. The number of rotatable bonds is 6. The summed E-state index contributed by atoms with van der Waals surface area (Å²) < 4.78 is 5.64. The number of anilines is 1. The Bertz CT molecular complexity index is 954. The fourth-order valence-electron chi connectivity index (χ4n) is 3.13. The monoisotopic (exact) mass is 442 g/mol. The van der Waals surface area contributed by atoms with Crippen LogP contribution in [-0.2, 0) is 16.1 Å². The highest BCUT2D eigenvalue weighted by Gasteiger charge is 2.16. The van der Waals surface area contributed by atoms with E-state index in [1.54, 1.807) is 18.2 Å². The van der Waals surface area contributed by atoms with Crippen LogP contribution < -0.4 is 16.0 Å². The highest BCUT2D eigenvalue weighted by molar-refractivity contribution is 6.31. The zero-order valence-corrected chi connectivity index (χ0v) is 18.5. The van der Waals surface area contributed by atoms with E-state index in [1.807, 2.05) is 31.2 Å². The number of benzene rings is 2. The lowest BCUT2D eigenvalue weighted by Crippen LogP contribution is -2.37. The van der Waals surface area contributed by atoms with E-state index >= 15 is 0 Å². The Morgan fingerprint density at radius 2 is 1.97 bits per heavy atom. The van der Waals surface area contributed by atoms with E-state index in [2.05, 4.69) is 20.9 Å². The van der Waals surface area contributed by atoms with Gasteiger partial charge in [0.15, 0.2) is 0 Å². The lowest BCUT2D eigenvalue weighted by molar-refractivity contribution is -0.119. The van der Waals surface area contributed by atoms with Crippen molar-refractivity contribution in [3.05, 3.63) is 64.2 Å². The molecule has 0 bridgehead atoms. The van der Waals surface area contributed by atoms with Gasteiger partial charge in [0, 0.05) is 36.3 Å². The number of hydrogen-bond donors (Lipinski definition) is 3. The molecule has 0 unspecified atom stereocenters. The maximum atomic E-state index is 12.8. The van der Waals surface area contributed by atoms with E-state index in [1.165, 1.54) is 6.92 Å². The predicted molar refractivity (Wildman–Crippen MR) is 123 cm³/mol. The minimum absolute atomic E-state index is 0.0576. The maximum absolute atomic E-state index is 12.8. The number of carbonyl (C=O) groups is 2. The molecule has 1 fully saturated rings. The van der Waals surface area contributed by atoms with Gasteiger partial charge < -0.3 is 15.4 Å². The molecule has 31 heavy (non-hydrogen) atoms. The molecule has 8 heteroatoms. The molecule has 1 aliphatic heterocycles. The number of nitrogens with zero attached hydrogens (tertiary/aromatic N) is 1. The molecular weight excluding hydrogens is 416 g/mol. The molecule has 1 saturated heterocycles.